The highest BCUT2D eigenvalue weighted by Crippen LogP contribution is 2.12. The van der Waals surface area contributed by atoms with E-state index in [1.54, 1.807) is 27.7 Å². The molecule has 0 fully saturated rings. The van der Waals surface area contributed by atoms with E-state index in [1.807, 2.05) is 0 Å². The summed E-state index contributed by atoms with van der Waals surface area (Å²) < 4.78 is 9.57. The van der Waals surface area contributed by atoms with Crippen LogP contribution < -0.4 is 0 Å². The maximum Gasteiger partial charge on any atom is 0.338 e. The lowest BCUT2D eigenvalue weighted by Gasteiger charge is -2.19. The predicted octanol–water partition coefficient (Wildman–Crippen LogP) is 2.00. The molecule has 0 amide bonds. The topological polar surface area (TPSA) is 52.6 Å². The van der Waals surface area contributed by atoms with E-state index >= 15 is 0 Å². The predicted molar refractivity (Wildman–Crippen MR) is 60.8 cm³/mol. The normalized spacial score (nSPS) is 11.9. The number of hydrogen-bond acceptors (Lipinski definition) is 4. The molecule has 4 nitrogen and oxygen atoms in total. The van der Waals surface area contributed by atoms with Crippen molar-refractivity contribution < 1.29 is 19.1 Å². The molecule has 0 radical (unpaired) electrons. The van der Waals surface area contributed by atoms with E-state index in [9.17, 15) is 9.59 Å². The highest BCUT2D eigenvalue weighted by molar-refractivity contribution is 5.95. The van der Waals surface area contributed by atoms with Gasteiger partial charge in [-0.3, -0.25) is 0 Å². The minimum absolute atomic E-state index is 0.123. The van der Waals surface area contributed by atoms with E-state index < -0.39 is 17.5 Å². The minimum Gasteiger partial charge on any atom is -0.466 e. The van der Waals surface area contributed by atoms with Gasteiger partial charge in [0.15, 0.2) is 0 Å². The maximum atomic E-state index is 11.5. The molecule has 0 unspecified atom stereocenters. The average Bonchev–Trinajstić information content (AvgIpc) is 2.13. The molecule has 0 rings (SSSR count). The fourth-order valence-corrected chi connectivity index (χ4v) is 0.884. The van der Waals surface area contributed by atoms with Crippen molar-refractivity contribution in [3.63, 3.8) is 0 Å². The highest BCUT2D eigenvalue weighted by Gasteiger charge is 2.18. The summed E-state index contributed by atoms with van der Waals surface area (Å²) in [5.41, 5.74) is -0.149. The summed E-state index contributed by atoms with van der Waals surface area (Å²) >= 11 is 0. The Bertz CT molecular complexity index is 331. The molecule has 0 aliphatic heterocycles. The summed E-state index contributed by atoms with van der Waals surface area (Å²) in [5, 5.41) is 0. The zero-order valence-corrected chi connectivity index (χ0v) is 10.4. The van der Waals surface area contributed by atoms with Gasteiger partial charge < -0.3 is 9.47 Å². The molecule has 0 N–H and O–H groups in total. The van der Waals surface area contributed by atoms with Gasteiger partial charge in [0.25, 0.3) is 0 Å². The first kappa shape index (κ1) is 14.4. The van der Waals surface area contributed by atoms with Gasteiger partial charge in [0.1, 0.15) is 5.60 Å². The van der Waals surface area contributed by atoms with Crippen LogP contribution in [-0.4, -0.2) is 24.6 Å². The SMILES string of the molecule is C=C(/C=C(\C)C(=O)OC)C(=O)OC(C)(C)C. The molecule has 0 heterocycles. The van der Waals surface area contributed by atoms with Gasteiger partial charge in [-0.15, -0.1) is 0 Å². The van der Waals surface area contributed by atoms with E-state index in [4.69, 9.17) is 4.74 Å². The second-order valence-corrected chi connectivity index (χ2v) is 4.35. The lowest BCUT2D eigenvalue weighted by Crippen LogP contribution is -2.24. The molecule has 0 aromatic carbocycles. The van der Waals surface area contributed by atoms with Crippen molar-refractivity contribution >= 4 is 11.9 Å². The zero-order valence-electron chi connectivity index (χ0n) is 10.4. The zero-order chi connectivity index (χ0) is 12.9. The van der Waals surface area contributed by atoms with Crippen LogP contribution in [0.3, 0.4) is 0 Å². The van der Waals surface area contributed by atoms with Gasteiger partial charge in [-0.25, -0.2) is 9.59 Å². The summed E-state index contributed by atoms with van der Waals surface area (Å²) in [6, 6.07) is 0. The molecule has 4 heteroatoms. The Morgan fingerprint density at radius 3 is 2.06 bits per heavy atom. The van der Waals surface area contributed by atoms with E-state index in [1.165, 1.54) is 13.2 Å². The lowest BCUT2D eigenvalue weighted by molar-refractivity contribution is -0.149. The van der Waals surface area contributed by atoms with Crippen LogP contribution in [0.2, 0.25) is 0 Å². The van der Waals surface area contributed by atoms with Gasteiger partial charge >= 0.3 is 11.9 Å². The molecular formula is C12H18O4. The fourth-order valence-electron chi connectivity index (χ4n) is 0.884. The first-order valence-corrected chi connectivity index (χ1v) is 4.86. The standard InChI is InChI=1S/C12H18O4/c1-8(10(13)15-6)7-9(2)11(14)16-12(3,4)5/h7H,2H2,1,3-6H3/b8-7+. The smallest absolute Gasteiger partial charge is 0.338 e. The number of carbonyl (C=O) groups excluding carboxylic acids is 2. The third-order valence-electron chi connectivity index (χ3n) is 1.56. The van der Waals surface area contributed by atoms with E-state index in [0.29, 0.717) is 5.57 Å². The Morgan fingerprint density at radius 1 is 1.19 bits per heavy atom. The second kappa shape index (κ2) is 5.49. The molecular weight excluding hydrogens is 208 g/mol. The maximum absolute atomic E-state index is 11.5. The van der Waals surface area contributed by atoms with E-state index in [2.05, 4.69) is 11.3 Å². The lowest BCUT2D eigenvalue weighted by atomic mass is 10.1. The van der Waals surface area contributed by atoms with E-state index in [0.717, 1.165) is 0 Å². The Balaban J connectivity index is 4.59. The summed E-state index contributed by atoms with van der Waals surface area (Å²) in [6.07, 6.45) is 1.35. The molecule has 0 aromatic rings. The van der Waals surface area contributed by atoms with Gasteiger partial charge in [0.2, 0.25) is 0 Å². The number of rotatable bonds is 3. The Labute approximate surface area is 95.9 Å². The van der Waals surface area contributed by atoms with Gasteiger partial charge in [0.05, 0.1) is 12.7 Å². The molecule has 0 aliphatic rings. The summed E-state index contributed by atoms with van der Waals surface area (Å²) in [4.78, 5) is 22.6. The fraction of sp³-hybridized carbons (Fsp3) is 0.500. The van der Waals surface area contributed by atoms with Crippen molar-refractivity contribution in [2.75, 3.05) is 7.11 Å². The Kier molecular flexibility index (Phi) is 4.95. The van der Waals surface area contributed by atoms with Crippen LogP contribution in [0.4, 0.5) is 0 Å². The minimum atomic E-state index is -0.576. The molecule has 0 saturated carbocycles. The average molecular weight is 226 g/mol. The number of methoxy groups -OCH3 is 1. The van der Waals surface area contributed by atoms with Crippen LogP contribution >= 0.6 is 0 Å². The summed E-state index contributed by atoms with van der Waals surface area (Å²) in [5.74, 6) is -1.04. The van der Waals surface area contributed by atoms with Crippen LogP contribution in [0.25, 0.3) is 0 Å². The van der Waals surface area contributed by atoms with Gasteiger partial charge in [-0.1, -0.05) is 6.58 Å². The molecule has 0 aliphatic carbocycles. The van der Waals surface area contributed by atoms with Gasteiger partial charge in [0, 0.05) is 5.57 Å². The first-order valence-electron chi connectivity index (χ1n) is 4.86. The molecule has 0 saturated heterocycles. The molecule has 16 heavy (non-hydrogen) atoms. The van der Waals surface area contributed by atoms with Crippen molar-refractivity contribution in [3.05, 3.63) is 23.8 Å². The van der Waals surface area contributed by atoms with E-state index in [-0.39, 0.29) is 5.57 Å². The number of ether oxygens (including phenoxy) is 2. The quantitative estimate of drug-likeness (QED) is 0.419. The van der Waals surface area contributed by atoms with Crippen molar-refractivity contribution in [2.24, 2.45) is 0 Å². The highest BCUT2D eigenvalue weighted by atomic mass is 16.6. The molecule has 0 aromatic heterocycles. The van der Waals surface area contributed by atoms with Crippen LogP contribution in [-0.2, 0) is 19.1 Å². The van der Waals surface area contributed by atoms with Crippen LogP contribution in [0.15, 0.2) is 23.8 Å². The second-order valence-electron chi connectivity index (χ2n) is 4.35. The summed E-state index contributed by atoms with van der Waals surface area (Å²) in [7, 11) is 1.27. The molecule has 90 valence electrons. The Morgan fingerprint density at radius 2 is 1.69 bits per heavy atom. The van der Waals surface area contributed by atoms with Gasteiger partial charge in [-0.05, 0) is 33.8 Å². The van der Waals surface area contributed by atoms with Crippen molar-refractivity contribution in [1.29, 1.82) is 0 Å². The Hall–Kier alpha value is -1.58. The third kappa shape index (κ3) is 5.34. The summed E-state index contributed by atoms with van der Waals surface area (Å²) in [6.45, 7) is 10.4. The number of esters is 2. The number of hydrogen-bond donors (Lipinski definition) is 0. The third-order valence-corrected chi connectivity index (χ3v) is 1.56. The molecule has 0 spiro atoms. The van der Waals surface area contributed by atoms with Gasteiger partial charge in [-0.2, -0.15) is 0 Å². The van der Waals surface area contributed by atoms with Crippen molar-refractivity contribution in [1.82, 2.24) is 0 Å². The largest absolute Gasteiger partial charge is 0.466 e. The van der Waals surface area contributed by atoms with Crippen LogP contribution in [0.5, 0.6) is 0 Å². The van der Waals surface area contributed by atoms with Crippen LogP contribution in [0.1, 0.15) is 27.7 Å². The first-order chi connectivity index (χ1) is 7.17. The molecule has 0 bridgehead atoms. The van der Waals surface area contributed by atoms with Crippen molar-refractivity contribution in [3.8, 4) is 0 Å². The monoisotopic (exact) mass is 226 g/mol. The number of carbonyl (C=O) groups is 2. The van der Waals surface area contributed by atoms with Crippen molar-refractivity contribution in [2.45, 2.75) is 33.3 Å². The van der Waals surface area contributed by atoms with Crippen LogP contribution in [0, 0.1) is 0 Å². The molecule has 0 atom stereocenters.